The first kappa shape index (κ1) is 17.9. The molecule has 8 heteroatoms. The van der Waals surface area contributed by atoms with E-state index < -0.39 is 27.8 Å². The van der Waals surface area contributed by atoms with Crippen molar-refractivity contribution in [2.24, 2.45) is 0 Å². The maximum atomic E-state index is 11.7. The molecular formula is C14H16O7S. The number of ether oxygens (including phenoxy) is 2. The molecule has 0 bridgehead atoms. The van der Waals surface area contributed by atoms with Crippen LogP contribution in [0.15, 0.2) is 36.4 Å². The van der Waals surface area contributed by atoms with Crippen LogP contribution in [0.25, 0.3) is 0 Å². The van der Waals surface area contributed by atoms with E-state index in [9.17, 15) is 18.0 Å². The third-order valence-electron chi connectivity index (χ3n) is 2.43. The van der Waals surface area contributed by atoms with Crippen LogP contribution in [0.3, 0.4) is 0 Å². The molecular weight excluding hydrogens is 312 g/mol. The van der Waals surface area contributed by atoms with Crippen LogP contribution in [0.2, 0.25) is 0 Å². The van der Waals surface area contributed by atoms with E-state index in [1.807, 2.05) is 0 Å². The minimum absolute atomic E-state index is 0.00111. The summed E-state index contributed by atoms with van der Waals surface area (Å²) >= 11 is 0. The highest BCUT2D eigenvalue weighted by Gasteiger charge is 2.10. The third kappa shape index (κ3) is 6.51. The van der Waals surface area contributed by atoms with E-state index in [1.54, 1.807) is 0 Å². The molecule has 0 aliphatic heterocycles. The second-order valence-corrected chi connectivity index (χ2v) is 6.04. The SMILES string of the molecule is C=C(C)C(=O)Oc1ccc(C(=O)OCCCS(=O)(=O)O)cc1. The van der Waals surface area contributed by atoms with Gasteiger partial charge in [0, 0.05) is 5.57 Å². The van der Waals surface area contributed by atoms with Crippen molar-refractivity contribution in [3.63, 3.8) is 0 Å². The van der Waals surface area contributed by atoms with Gasteiger partial charge in [0.25, 0.3) is 10.1 Å². The Morgan fingerprint density at radius 3 is 2.32 bits per heavy atom. The number of rotatable bonds is 7. The van der Waals surface area contributed by atoms with Gasteiger partial charge in [-0.2, -0.15) is 8.42 Å². The number of hydrogen-bond donors (Lipinski definition) is 1. The molecule has 0 unspecified atom stereocenters. The number of carbonyl (C=O) groups excluding carboxylic acids is 2. The van der Waals surface area contributed by atoms with Gasteiger partial charge in [0.05, 0.1) is 17.9 Å². The summed E-state index contributed by atoms with van der Waals surface area (Å²) < 4.78 is 39.3. The lowest BCUT2D eigenvalue weighted by Crippen LogP contribution is -2.11. The Morgan fingerprint density at radius 1 is 1.23 bits per heavy atom. The summed E-state index contributed by atoms with van der Waals surface area (Å²) in [5.41, 5.74) is 0.476. The highest BCUT2D eigenvalue weighted by molar-refractivity contribution is 7.85. The van der Waals surface area contributed by atoms with Gasteiger partial charge in [0.2, 0.25) is 0 Å². The van der Waals surface area contributed by atoms with Gasteiger partial charge in [-0.25, -0.2) is 9.59 Å². The van der Waals surface area contributed by atoms with E-state index in [-0.39, 0.29) is 29.9 Å². The molecule has 0 atom stereocenters. The lowest BCUT2D eigenvalue weighted by Gasteiger charge is -2.06. The van der Waals surface area contributed by atoms with E-state index in [0.29, 0.717) is 0 Å². The van der Waals surface area contributed by atoms with Crippen molar-refractivity contribution in [1.29, 1.82) is 0 Å². The van der Waals surface area contributed by atoms with Gasteiger partial charge < -0.3 is 9.47 Å². The monoisotopic (exact) mass is 328 g/mol. The van der Waals surface area contributed by atoms with Gasteiger partial charge in [-0.3, -0.25) is 4.55 Å². The van der Waals surface area contributed by atoms with Crippen molar-refractivity contribution < 1.29 is 32.0 Å². The van der Waals surface area contributed by atoms with Gasteiger partial charge in [-0.05, 0) is 37.6 Å². The number of hydrogen-bond acceptors (Lipinski definition) is 6. The fourth-order valence-electron chi connectivity index (χ4n) is 1.34. The number of benzene rings is 1. The highest BCUT2D eigenvalue weighted by Crippen LogP contribution is 2.14. The lowest BCUT2D eigenvalue weighted by atomic mass is 10.2. The van der Waals surface area contributed by atoms with E-state index in [0.717, 1.165) is 0 Å². The Balaban J connectivity index is 2.50. The first-order chi connectivity index (χ1) is 10.2. The lowest BCUT2D eigenvalue weighted by molar-refractivity contribution is -0.130. The fourth-order valence-corrected chi connectivity index (χ4v) is 1.83. The molecule has 1 aromatic rings. The Morgan fingerprint density at radius 2 is 1.82 bits per heavy atom. The Labute approximate surface area is 128 Å². The van der Waals surface area contributed by atoms with Crippen LogP contribution in [0.1, 0.15) is 23.7 Å². The molecule has 0 aromatic heterocycles. The summed E-state index contributed by atoms with van der Waals surface area (Å²) in [6.45, 7) is 4.83. The van der Waals surface area contributed by atoms with Gasteiger partial charge in [-0.1, -0.05) is 6.58 Å². The molecule has 0 saturated carbocycles. The predicted octanol–water partition coefficient (Wildman–Crippen LogP) is 1.60. The van der Waals surface area contributed by atoms with Gasteiger partial charge in [-0.15, -0.1) is 0 Å². The Hall–Kier alpha value is -2.19. The van der Waals surface area contributed by atoms with Crippen LogP contribution in [0.4, 0.5) is 0 Å². The summed E-state index contributed by atoms with van der Waals surface area (Å²) in [5, 5.41) is 0. The van der Waals surface area contributed by atoms with Crippen molar-refractivity contribution >= 4 is 22.1 Å². The fraction of sp³-hybridized carbons (Fsp3) is 0.286. The average Bonchev–Trinajstić information content (AvgIpc) is 2.43. The Bertz CT molecular complexity index is 659. The summed E-state index contributed by atoms with van der Waals surface area (Å²) in [5.74, 6) is -1.43. The van der Waals surface area contributed by atoms with Gasteiger partial charge in [0.15, 0.2) is 0 Å². The molecule has 0 radical (unpaired) electrons. The molecule has 0 fully saturated rings. The standard InChI is InChI=1S/C14H16O7S/c1-10(2)13(15)21-12-6-4-11(5-7-12)14(16)20-8-3-9-22(17,18)19/h4-7H,1,3,8-9H2,2H3,(H,17,18,19). The zero-order valence-electron chi connectivity index (χ0n) is 11.9. The molecule has 0 amide bonds. The molecule has 0 aliphatic rings. The van der Waals surface area contributed by atoms with E-state index in [4.69, 9.17) is 14.0 Å². The minimum Gasteiger partial charge on any atom is -0.462 e. The van der Waals surface area contributed by atoms with Crippen LogP contribution in [-0.2, 0) is 19.6 Å². The first-order valence-corrected chi connectivity index (χ1v) is 7.90. The normalized spacial score (nSPS) is 10.8. The largest absolute Gasteiger partial charge is 0.462 e. The van der Waals surface area contributed by atoms with Crippen molar-refractivity contribution in [3.8, 4) is 5.75 Å². The summed E-state index contributed by atoms with van der Waals surface area (Å²) in [6.07, 6.45) is -0.00111. The molecule has 0 spiro atoms. The average molecular weight is 328 g/mol. The second-order valence-electron chi connectivity index (χ2n) is 4.47. The first-order valence-electron chi connectivity index (χ1n) is 6.29. The van der Waals surface area contributed by atoms with Crippen LogP contribution in [-0.4, -0.2) is 37.3 Å². The Kier molecular flexibility index (Phi) is 6.26. The summed E-state index contributed by atoms with van der Waals surface area (Å²) in [6, 6.07) is 5.67. The molecule has 1 rings (SSSR count). The second kappa shape index (κ2) is 7.71. The summed E-state index contributed by atoms with van der Waals surface area (Å²) in [4.78, 5) is 23.0. The molecule has 1 N–H and O–H groups in total. The number of esters is 2. The topological polar surface area (TPSA) is 107 Å². The third-order valence-corrected chi connectivity index (χ3v) is 3.23. The molecule has 0 aliphatic carbocycles. The van der Waals surface area contributed by atoms with Gasteiger partial charge >= 0.3 is 11.9 Å². The van der Waals surface area contributed by atoms with E-state index in [1.165, 1.54) is 31.2 Å². The zero-order chi connectivity index (χ0) is 16.8. The van der Waals surface area contributed by atoms with Gasteiger partial charge in [0.1, 0.15) is 5.75 Å². The van der Waals surface area contributed by atoms with Crippen LogP contribution >= 0.6 is 0 Å². The maximum absolute atomic E-state index is 11.7. The molecule has 1 aromatic carbocycles. The highest BCUT2D eigenvalue weighted by atomic mass is 32.2. The molecule has 120 valence electrons. The molecule has 0 saturated heterocycles. The van der Waals surface area contributed by atoms with E-state index >= 15 is 0 Å². The molecule has 7 nitrogen and oxygen atoms in total. The molecule has 22 heavy (non-hydrogen) atoms. The van der Waals surface area contributed by atoms with Crippen molar-refractivity contribution in [2.45, 2.75) is 13.3 Å². The van der Waals surface area contributed by atoms with E-state index in [2.05, 4.69) is 6.58 Å². The quantitative estimate of drug-likeness (QED) is 0.266. The molecule has 0 heterocycles. The van der Waals surface area contributed by atoms with Crippen molar-refractivity contribution in [1.82, 2.24) is 0 Å². The van der Waals surface area contributed by atoms with Crippen LogP contribution < -0.4 is 4.74 Å². The number of carbonyl (C=O) groups is 2. The smallest absolute Gasteiger partial charge is 0.338 e. The van der Waals surface area contributed by atoms with Crippen LogP contribution in [0, 0.1) is 0 Å². The van der Waals surface area contributed by atoms with Crippen molar-refractivity contribution in [3.05, 3.63) is 42.0 Å². The summed E-state index contributed by atoms with van der Waals surface area (Å²) in [7, 11) is -4.06. The minimum atomic E-state index is -4.06. The van der Waals surface area contributed by atoms with Crippen LogP contribution in [0.5, 0.6) is 5.75 Å². The van der Waals surface area contributed by atoms with Crippen molar-refractivity contribution in [2.75, 3.05) is 12.4 Å². The predicted molar refractivity (Wildman–Crippen MR) is 78.2 cm³/mol. The zero-order valence-corrected chi connectivity index (χ0v) is 12.8. The maximum Gasteiger partial charge on any atom is 0.338 e.